The number of aromatic nitrogens is 2. The molecule has 6 heteroatoms. The van der Waals surface area contributed by atoms with Crippen molar-refractivity contribution in [2.45, 2.75) is 6.42 Å². The van der Waals surface area contributed by atoms with Crippen LogP contribution < -0.4 is 4.74 Å². The molecular formula is C12H12N2O3S. The zero-order chi connectivity index (χ0) is 13.0. The van der Waals surface area contributed by atoms with Crippen molar-refractivity contribution in [1.29, 1.82) is 0 Å². The number of Topliss-reactive ketones (excluding diaryl/α,β-unsaturated/α-hetero) is 1. The average Bonchev–Trinajstić information content (AvgIpc) is 2.87. The van der Waals surface area contributed by atoms with Gasteiger partial charge in [0.1, 0.15) is 5.75 Å². The summed E-state index contributed by atoms with van der Waals surface area (Å²) in [6.07, 6.45) is 0.118. The van der Waals surface area contributed by atoms with Gasteiger partial charge in [-0.05, 0) is 24.3 Å². The maximum absolute atomic E-state index is 11.2. The summed E-state index contributed by atoms with van der Waals surface area (Å²) in [5.74, 6) is 1.56. The van der Waals surface area contributed by atoms with E-state index in [1.165, 1.54) is 0 Å². The first kappa shape index (κ1) is 12.6. The molecule has 0 aliphatic heterocycles. The van der Waals surface area contributed by atoms with Gasteiger partial charge in [-0.2, -0.15) is 12.6 Å². The van der Waals surface area contributed by atoms with E-state index in [4.69, 9.17) is 9.15 Å². The molecule has 18 heavy (non-hydrogen) atoms. The summed E-state index contributed by atoms with van der Waals surface area (Å²) in [4.78, 5) is 11.2. The number of methoxy groups -OCH3 is 1. The van der Waals surface area contributed by atoms with E-state index < -0.39 is 0 Å². The highest BCUT2D eigenvalue weighted by molar-refractivity contribution is 7.81. The van der Waals surface area contributed by atoms with Crippen molar-refractivity contribution in [2.24, 2.45) is 0 Å². The highest BCUT2D eigenvalue weighted by Gasteiger charge is 2.11. The number of thiol groups is 1. The Hall–Kier alpha value is -1.82. The highest BCUT2D eigenvalue weighted by Crippen LogP contribution is 2.21. The zero-order valence-corrected chi connectivity index (χ0v) is 10.7. The monoisotopic (exact) mass is 264 g/mol. The van der Waals surface area contributed by atoms with Crippen molar-refractivity contribution in [3.63, 3.8) is 0 Å². The molecule has 0 fully saturated rings. The summed E-state index contributed by atoms with van der Waals surface area (Å²) in [5.41, 5.74) is 0.785. The molecule has 0 amide bonds. The molecule has 2 aromatic rings. The van der Waals surface area contributed by atoms with Crippen molar-refractivity contribution in [1.82, 2.24) is 10.2 Å². The molecule has 0 aliphatic rings. The van der Waals surface area contributed by atoms with Crippen LogP contribution in [0, 0.1) is 0 Å². The molecule has 1 aromatic carbocycles. The van der Waals surface area contributed by atoms with Crippen LogP contribution >= 0.6 is 12.6 Å². The van der Waals surface area contributed by atoms with E-state index in [1.807, 2.05) is 12.1 Å². The minimum absolute atomic E-state index is 0.0525. The van der Waals surface area contributed by atoms with Gasteiger partial charge in [-0.25, -0.2) is 0 Å². The van der Waals surface area contributed by atoms with Crippen molar-refractivity contribution in [3.05, 3.63) is 30.2 Å². The number of rotatable bonds is 5. The van der Waals surface area contributed by atoms with Crippen LogP contribution in [0.25, 0.3) is 11.5 Å². The van der Waals surface area contributed by atoms with Gasteiger partial charge in [-0.1, -0.05) is 0 Å². The standard InChI is InChI=1S/C12H12N2O3S/c1-16-10-4-2-8(3-5-10)12-14-13-11(17-12)6-9(15)7-18/h2-5,18H,6-7H2,1H3. The van der Waals surface area contributed by atoms with E-state index >= 15 is 0 Å². The third-order valence-corrected chi connectivity index (χ3v) is 2.68. The Balaban J connectivity index is 2.15. The van der Waals surface area contributed by atoms with Crippen LogP contribution in [-0.4, -0.2) is 28.8 Å². The summed E-state index contributed by atoms with van der Waals surface area (Å²) in [6, 6.07) is 7.24. The van der Waals surface area contributed by atoms with Crippen molar-refractivity contribution >= 4 is 18.4 Å². The number of benzene rings is 1. The van der Waals surface area contributed by atoms with E-state index in [2.05, 4.69) is 22.8 Å². The largest absolute Gasteiger partial charge is 0.497 e. The number of nitrogens with zero attached hydrogens (tertiary/aromatic N) is 2. The van der Waals surface area contributed by atoms with Gasteiger partial charge in [-0.3, -0.25) is 4.79 Å². The van der Waals surface area contributed by atoms with Crippen LogP contribution in [0.15, 0.2) is 28.7 Å². The number of carbonyl (C=O) groups is 1. The predicted molar refractivity (Wildman–Crippen MR) is 68.9 cm³/mol. The van der Waals surface area contributed by atoms with Crippen LogP contribution in [0.3, 0.4) is 0 Å². The third-order valence-electron chi connectivity index (χ3n) is 2.33. The topological polar surface area (TPSA) is 65.2 Å². The Bertz CT molecular complexity index is 537. The van der Waals surface area contributed by atoms with E-state index in [-0.39, 0.29) is 18.0 Å². The zero-order valence-electron chi connectivity index (χ0n) is 9.79. The lowest BCUT2D eigenvalue weighted by molar-refractivity contribution is -0.116. The van der Waals surface area contributed by atoms with Gasteiger partial charge in [0.15, 0.2) is 5.78 Å². The predicted octanol–water partition coefficient (Wildman–Crippen LogP) is 1.79. The fraction of sp³-hybridized carbons (Fsp3) is 0.250. The molecule has 0 saturated heterocycles. The van der Waals surface area contributed by atoms with Crippen molar-refractivity contribution in [3.8, 4) is 17.2 Å². The second-order valence-electron chi connectivity index (χ2n) is 3.60. The lowest BCUT2D eigenvalue weighted by Gasteiger charge is -1.99. The maximum Gasteiger partial charge on any atom is 0.247 e. The summed E-state index contributed by atoms with van der Waals surface area (Å²) in [6.45, 7) is 0. The molecule has 0 spiro atoms. The summed E-state index contributed by atoms with van der Waals surface area (Å²) in [5, 5.41) is 7.72. The average molecular weight is 264 g/mol. The molecule has 94 valence electrons. The molecule has 0 radical (unpaired) electrons. The second kappa shape index (κ2) is 5.68. The molecule has 1 heterocycles. The van der Waals surface area contributed by atoms with E-state index in [9.17, 15) is 4.79 Å². The maximum atomic E-state index is 11.2. The molecule has 0 aliphatic carbocycles. The molecule has 0 saturated carbocycles. The third kappa shape index (κ3) is 2.89. The number of hydrogen-bond donors (Lipinski definition) is 1. The van der Waals surface area contributed by atoms with E-state index in [0.29, 0.717) is 11.8 Å². The molecule has 2 rings (SSSR count). The van der Waals surface area contributed by atoms with E-state index in [1.54, 1.807) is 19.2 Å². The van der Waals surface area contributed by atoms with Crippen LogP contribution in [0.2, 0.25) is 0 Å². The first-order valence-corrected chi connectivity index (χ1v) is 5.95. The smallest absolute Gasteiger partial charge is 0.247 e. The Kier molecular flexibility index (Phi) is 3.99. The first-order valence-electron chi connectivity index (χ1n) is 5.32. The summed E-state index contributed by atoms with van der Waals surface area (Å²) < 4.78 is 10.5. The van der Waals surface area contributed by atoms with Crippen LogP contribution in [0.4, 0.5) is 0 Å². The Morgan fingerprint density at radius 2 is 2.06 bits per heavy atom. The van der Waals surface area contributed by atoms with Crippen LogP contribution in [-0.2, 0) is 11.2 Å². The lowest BCUT2D eigenvalue weighted by Crippen LogP contribution is -2.03. The Morgan fingerprint density at radius 1 is 1.33 bits per heavy atom. The SMILES string of the molecule is COc1ccc(-c2nnc(CC(=O)CS)o2)cc1. The fourth-order valence-electron chi connectivity index (χ4n) is 1.40. The van der Waals surface area contributed by atoms with Crippen LogP contribution in [0.1, 0.15) is 5.89 Å². The van der Waals surface area contributed by atoms with Crippen molar-refractivity contribution < 1.29 is 13.9 Å². The molecule has 1 aromatic heterocycles. The molecule has 0 atom stereocenters. The molecule has 0 unspecified atom stereocenters. The van der Waals surface area contributed by atoms with Gasteiger partial charge in [0.2, 0.25) is 11.8 Å². The summed E-state index contributed by atoms with van der Waals surface area (Å²) in [7, 11) is 1.60. The lowest BCUT2D eigenvalue weighted by atomic mass is 10.2. The quantitative estimate of drug-likeness (QED) is 0.834. The minimum atomic E-state index is -0.0525. The first-order chi connectivity index (χ1) is 8.72. The molecular weight excluding hydrogens is 252 g/mol. The molecule has 0 bridgehead atoms. The summed E-state index contributed by atoms with van der Waals surface area (Å²) >= 11 is 3.89. The van der Waals surface area contributed by atoms with Gasteiger partial charge in [0, 0.05) is 11.3 Å². The normalized spacial score (nSPS) is 10.3. The number of ketones is 1. The number of carbonyl (C=O) groups excluding carboxylic acids is 1. The molecule has 5 nitrogen and oxygen atoms in total. The number of hydrogen-bond acceptors (Lipinski definition) is 6. The van der Waals surface area contributed by atoms with Crippen molar-refractivity contribution in [2.75, 3.05) is 12.9 Å². The second-order valence-corrected chi connectivity index (χ2v) is 3.92. The number of ether oxygens (including phenoxy) is 1. The molecule has 0 N–H and O–H groups in total. The van der Waals surface area contributed by atoms with E-state index in [0.717, 1.165) is 11.3 Å². The minimum Gasteiger partial charge on any atom is -0.497 e. The van der Waals surface area contributed by atoms with Gasteiger partial charge < -0.3 is 9.15 Å². The van der Waals surface area contributed by atoms with Gasteiger partial charge in [0.05, 0.1) is 13.5 Å². The highest BCUT2D eigenvalue weighted by atomic mass is 32.1. The van der Waals surface area contributed by atoms with Gasteiger partial charge >= 0.3 is 0 Å². The Labute approximate surface area is 110 Å². The fourth-order valence-corrected chi connectivity index (χ4v) is 1.51. The Morgan fingerprint density at radius 3 is 2.67 bits per heavy atom. The van der Waals surface area contributed by atoms with Gasteiger partial charge in [0.25, 0.3) is 0 Å². The van der Waals surface area contributed by atoms with Gasteiger partial charge in [-0.15, -0.1) is 10.2 Å². The van der Waals surface area contributed by atoms with Crippen LogP contribution in [0.5, 0.6) is 5.75 Å².